The number of hydrogen-bond acceptors (Lipinski definition) is 4. The van der Waals surface area contributed by atoms with Gasteiger partial charge in [-0.3, -0.25) is 14.2 Å². The van der Waals surface area contributed by atoms with Crippen molar-refractivity contribution in [2.75, 3.05) is 5.75 Å². The molecule has 2 aromatic carbocycles. The number of Topliss-reactive ketones (excluding diaryl/α,β-unsaturated/α-hetero) is 1. The number of rotatable bonds is 5. The molecule has 1 heterocycles. The third-order valence-electron chi connectivity index (χ3n) is 3.70. The first kappa shape index (κ1) is 18.2. The van der Waals surface area contributed by atoms with Gasteiger partial charge in [0, 0.05) is 21.6 Å². The number of hydrogen-bond donors (Lipinski definition) is 0. The number of ketones is 1. The van der Waals surface area contributed by atoms with Gasteiger partial charge in [0.15, 0.2) is 10.9 Å². The zero-order chi connectivity index (χ0) is 18.0. The van der Waals surface area contributed by atoms with E-state index in [1.807, 2.05) is 13.0 Å². The summed E-state index contributed by atoms with van der Waals surface area (Å²) in [5.41, 5.74) is 1.11. The number of carbonyl (C=O) groups is 1. The van der Waals surface area contributed by atoms with E-state index in [1.165, 1.54) is 11.8 Å². The highest BCUT2D eigenvalue weighted by atomic mass is 79.9. The average molecular weight is 438 g/mol. The number of thioether (sulfide) groups is 1. The molecule has 128 valence electrons. The third kappa shape index (κ3) is 3.97. The fourth-order valence-corrected chi connectivity index (χ4v) is 3.86. The number of nitrogens with zero attached hydrogens (tertiary/aromatic N) is 2. The largest absolute Gasteiger partial charge is 0.293 e. The molecule has 0 spiro atoms. The lowest BCUT2D eigenvalue weighted by molar-refractivity contribution is 0.102. The molecule has 0 amide bonds. The number of halogens is 2. The Bertz CT molecular complexity index is 1000. The van der Waals surface area contributed by atoms with Crippen LogP contribution in [0.2, 0.25) is 5.02 Å². The van der Waals surface area contributed by atoms with Crippen LogP contribution in [0.3, 0.4) is 0 Å². The molecule has 0 saturated carbocycles. The minimum Gasteiger partial charge on any atom is -0.293 e. The van der Waals surface area contributed by atoms with Gasteiger partial charge in [-0.2, -0.15) is 0 Å². The molecular formula is C18H14BrClN2O2S. The van der Waals surface area contributed by atoms with E-state index in [0.29, 0.717) is 33.2 Å². The molecule has 0 N–H and O–H groups in total. The van der Waals surface area contributed by atoms with Crippen molar-refractivity contribution in [3.05, 3.63) is 67.9 Å². The molecule has 4 nitrogen and oxygen atoms in total. The molecule has 3 rings (SSSR count). The molecule has 0 aliphatic rings. The second-order valence-corrected chi connectivity index (χ2v) is 7.62. The van der Waals surface area contributed by atoms with Crippen LogP contribution in [0.25, 0.3) is 10.9 Å². The van der Waals surface area contributed by atoms with Gasteiger partial charge < -0.3 is 0 Å². The highest BCUT2D eigenvalue weighted by Gasteiger charge is 2.13. The Kier molecular flexibility index (Phi) is 5.61. The van der Waals surface area contributed by atoms with Crippen LogP contribution in [-0.4, -0.2) is 21.1 Å². The van der Waals surface area contributed by atoms with Crippen molar-refractivity contribution in [2.24, 2.45) is 0 Å². The second-order valence-electron chi connectivity index (χ2n) is 5.32. The molecule has 0 radical (unpaired) electrons. The summed E-state index contributed by atoms with van der Waals surface area (Å²) < 4.78 is 2.43. The number of benzene rings is 2. The van der Waals surface area contributed by atoms with E-state index in [1.54, 1.807) is 41.0 Å². The minimum absolute atomic E-state index is 0.0329. The van der Waals surface area contributed by atoms with Gasteiger partial charge in [0.05, 0.1) is 16.7 Å². The lowest BCUT2D eigenvalue weighted by Crippen LogP contribution is -2.23. The molecule has 0 fully saturated rings. The first-order valence-corrected chi connectivity index (χ1v) is 9.77. The molecule has 0 atom stereocenters. The van der Waals surface area contributed by atoms with Gasteiger partial charge in [-0.15, -0.1) is 0 Å². The maximum absolute atomic E-state index is 12.7. The van der Waals surface area contributed by atoms with Crippen LogP contribution in [0.15, 0.2) is 56.9 Å². The van der Waals surface area contributed by atoms with Crippen molar-refractivity contribution < 1.29 is 4.79 Å². The van der Waals surface area contributed by atoms with E-state index in [9.17, 15) is 9.59 Å². The predicted octanol–water partition coefficient (Wildman–Crippen LogP) is 4.81. The Morgan fingerprint density at radius 2 is 1.96 bits per heavy atom. The van der Waals surface area contributed by atoms with Crippen molar-refractivity contribution in [3.63, 3.8) is 0 Å². The zero-order valence-corrected chi connectivity index (χ0v) is 16.5. The predicted molar refractivity (Wildman–Crippen MR) is 106 cm³/mol. The molecular weight excluding hydrogens is 424 g/mol. The van der Waals surface area contributed by atoms with Gasteiger partial charge >= 0.3 is 0 Å². The number of aromatic nitrogens is 2. The van der Waals surface area contributed by atoms with Gasteiger partial charge in [0.25, 0.3) is 5.56 Å². The van der Waals surface area contributed by atoms with Crippen molar-refractivity contribution in [1.29, 1.82) is 0 Å². The van der Waals surface area contributed by atoms with Crippen molar-refractivity contribution in [2.45, 2.75) is 18.6 Å². The van der Waals surface area contributed by atoms with E-state index in [-0.39, 0.29) is 17.1 Å². The van der Waals surface area contributed by atoms with Gasteiger partial charge in [0.1, 0.15) is 0 Å². The molecule has 3 aromatic rings. The molecule has 0 aliphatic carbocycles. The van der Waals surface area contributed by atoms with Crippen LogP contribution in [-0.2, 0) is 6.54 Å². The second kappa shape index (κ2) is 7.72. The van der Waals surface area contributed by atoms with Crippen LogP contribution in [0.4, 0.5) is 0 Å². The molecule has 1 aromatic heterocycles. The molecule has 25 heavy (non-hydrogen) atoms. The average Bonchev–Trinajstić information content (AvgIpc) is 2.61. The Morgan fingerprint density at radius 3 is 2.64 bits per heavy atom. The summed E-state index contributed by atoms with van der Waals surface area (Å²) in [6.07, 6.45) is 0. The summed E-state index contributed by atoms with van der Waals surface area (Å²) >= 11 is 10.5. The smallest absolute Gasteiger partial charge is 0.262 e. The Labute approximate surface area is 162 Å². The standard InChI is InChI=1S/C18H14BrClN2O2S/c1-2-22-17(24)14-9-12(19)5-8-15(14)21-18(22)25-10-16(23)11-3-6-13(20)7-4-11/h3-9H,2,10H2,1H3. The van der Waals surface area contributed by atoms with Gasteiger partial charge in [-0.25, -0.2) is 4.98 Å². The molecule has 0 unspecified atom stereocenters. The summed E-state index contributed by atoms with van der Waals surface area (Å²) in [5, 5.41) is 1.70. The topological polar surface area (TPSA) is 52.0 Å². The first-order valence-electron chi connectivity index (χ1n) is 7.61. The van der Waals surface area contributed by atoms with E-state index < -0.39 is 0 Å². The lowest BCUT2D eigenvalue weighted by atomic mass is 10.1. The van der Waals surface area contributed by atoms with Gasteiger partial charge in [0.2, 0.25) is 0 Å². The number of carbonyl (C=O) groups excluding carboxylic acids is 1. The quantitative estimate of drug-likeness (QED) is 0.327. The molecule has 0 saturated heterocycles. The molecule has 7 heteroatoms. The highest BCUT2D eigenvalue weighted by Crippen LogP contribution is 2.21. The van der Waals surface area contributed by atoms with Crippen molar-refractivity contribution >= 4 is 56.0 Å². The Hall–Kier alpha value is -1.63. The minimum atomic E-state index is -0.102. The lowest BCUT2D eigenvalue weighted by Gasteiger charge is -2.11. The van der Waals surface area contributed by atoms with E-state index in [2.05, 4.69) is 20.9 Å². The Balaban J connectivity index is 1.90. The van der Waals surface area contributed by atoms with E-state index in [0.717, 1.165) is 4.47 Å². The summed E-state index contributed by atoms with van der Waals surface area (Å²) in [7, 11) is 0. The summed E-state index contributed by atoms with van der Waals surface area (Å²) in [5.74, 6) is 0.172. The van der Waals surface area contributed by atoms with E-state index in [4.69, 9.17) is 11.6 Å². The van der Waals surface area contributed by atoms with Crippen LogP contribution < -0.4 is 5.56 Å². The summed E-state index contributed by atoms with van der Waals surface area (Å²) in [4.78, 5) is 29.6. The first-order chi connectivity index (χ1) is 12.0. The molecule has 0 aliphatic heterocycles. The maximum atomic E-state index is 12.7. The zero-order valence-electron chi connectivity index (χ0n) is 13.3. The molecule has 0 bridgehead atoms. The van der Waals surface area contributed by atoms with Crippen LogP contribution >= 0.6 is 39.3 Å². The summed E-state index contributed by atoms with van der Waals surface area (Å²) in [6, 6.07) is 12.2. The van der Waals surface area contributed by atoms with Gasteiger partial charge in [-0.05, 0) is 49.4 Å². The van der Waals surface area contributed by atoms with Crippen molar-refractivity contribution in [1.82, 2.24) is 9.55 Å². The van der Waals surface area contributed by atoms with Crippen LogP contribution in [0.1, 0.15) is 17.3 Å². The van der Waals surface area contributed by atoms with Crippen LogP contribution in [0, 0.1) is 0 Å². The fraction of sp³-hybridized carbons (Fsp3) is 0.167. The summed E-state index contributed by atoms with van der Waals surface area (Å²) in [6.45, 7) is 2.38. The SMILES string of the molecule is CCn1c(SCC(=O)c2ccc(Cl)cc2)nc2ccc(Br)cc2c1=O. The maximum Gasteiger partial charge on any atom is 0.262 e. The third-order valence-corrected chi connectivity index (χ3v) is 5.42. The van der Waals surface area contributed by atoms with Gasteiger partial charge in [-0.1, -0.05) is 39.3 Å². The fourth-order valence-electron chi connectivity index (χ4n) is 2.41. The van der Waals surface area contributed by atoms with E-state index >= 15 is 0 Å². The van der Waals surface area contributed by atoms with Crippen LogP contribution in [0.5, 0.6) is 0 Å². The normalized spacial score (nSPS) is 11.0. The van der Waals surface area contributed by atoms with Crippen molar-refractivity contribution in [3.8, 4) is 0 Å². The Morgan fingerprint density at radius 1 is 1.24 bits per heavy atom. The number of fused-ring (bicyclic) bond motifs is 1. The highest BCUT2D eigenvalue weighted by molar-refractivity contribution is 9.10. The monoisotopic (exact) mass is 436 g/mol.